The summed E-state index contributed by atoms with van der Waals surface area (Å²) < 4.78 is 37.4. The summed E-state index contributed by atoms with van der Waals surface area (Å²) in [5, 5.41) is 2.56. The smallest absolute Gasteiger partial charge is 0.412 e. The van der Waals surface area contributed by atoms with Gasteiger partial charge in [-0.15, -0.1) is 0 Å². The van der Waals surface area contributed by atoms with E-state index in [4.69, 9.17) is 15.2 Å². The first kappa shape index (κ1) is 18.5. The van der Waals surface area contributed by atoms with Gasteiger partial charge in [0.2, 0.25) is 0 Å². The van der Waals surface area contributed by atoms with Crippen LogP contribution < -0.4 is 15.8 Å². The number of hydrogen-bond acceptors (Lipinski definition) is 4. The summed E-state index contributed by atoms with van der Waals surface area (Å²) in [6.07, 6.45) is -0.632. The minimum Gasteiger partial charge on any atom is -0.455 e. The van der Waals surface area contributed by atoms with E-state index in [1.54, 1.807) is 33.8 Å². The Bertz CT molecular complexity index is 802. The van der Waals surface area contributed by atoms with Gasteiger partial charge in [0.25, 0.3) is 0 Å². The van der Waals surface area contributed by atoms with E-state index in [1.165, 1.54) is 12.1 Å². The minimum absolute atomic E-state index is 0.125. The fourth-order valence-corrected chi connectivity index (χ4v) is 1.98. The second-order valence-corrected chi connectivity index (χ2v) is 6.51. The monoisotopic (exact) mass is 350 g/mol. The third kappa shape index (κ3) is 5.07. The van der Waals surface area contributed by atoms with Gasteiger partial charge in [0.1, 0.15) is 11.4 Å². The Labute approximate surface area is 144 Å². The molecule has 0 fully saturated rings. The van der Waals surface area contributed by atoms with Gasteiger partial charge in [0.05, 0.1) is 5.69 Å². The molecule has 2 rings (SSSR count). The highest BCUT2D eigenvalue weighted by atomic mass is 19.2. The van der Waals surface area contributed by atoms with Crippen LogP contribution in [0.4, 0.5) is 25.0 Å². The number of benzene rings is 2. The molecule has 0 atom stereocenters. The number of nitrogen functional groups attached to an aromatic ring is 1. The molecule has 0 unspecified atom stereocenters. The Kier molecular flexibility index (Phi) is 5.15. The average Bonchev–Trinajstić information content (AvgIpc) is 2.46. The second-order valence-electron chi connectivity index (χ2n) is 6.51. The molecule has 134 valence electrons. The van der Waals surface area contributed by atoms with Crippen molar-refractivity contribution in [3.8, 4) is 11.5 Å². The van der Waals surface area contributed by atoms with Gasteiger partial charge in [-0.05, 0) is 51.5 Å². The summed E-state index contributed by atoms with van der Waals surface area (Å²) in [6, 6.07) is 6.54. The molecule has 0 saturated heterocycles. The third-order valence-corrected chi connectivity index (χ3v) is 3.10. The summed E-state index contributed by atoms with van der Waals surface area (Å²) in [7, 11) is 0. The van der Waals surface area contributed by atoms with Gasteiger partial charge in [-0.25, -0.2) is 13.6 Å². The maximum absolute atomic E-state index is 13.4. The third-order valence-electron chi connectivity index (χ3n) is 3.10. The number of anilines is 2. The van der Waals surface area contributed by atoms with Crippen molar-refractivity contribution in [1.29, 1.82) is 0 Å². The molecule has 25 heavy (non-hydrogen) atoms. The number of rotatable bonds is 3. The molecule has 1 amide bonds. The molecule has 2 aromatic carbocycles. The summed E-state index contributed by atoms with van der Waals surface area (Å²) in [4.78, 5) is 11.8. The van der Waals surface area contributed by atoms with Gasteiger partial charge >= 0.3 is 6.09 Å². The van der Waals surface area contributed by atoms with Crippen molar-refractivity contribution in [3.05, 3.63) is 47.5 Å². The van der Waals surface area contributed by atoms with Crippen LogP contribution >= 0.6 is 0 Å². The van der Waals surface area contributed by atoms with Gasteiger partial charge in [-0.2, -0.15) is 0 Å². The highest BCUT2D eigenvalue weighted by Gasteiger charge is 2.17. The van der Waals surface area contributed by atoms with Gasteiger partial charge in [-0.3, -0.25) is 5.32 Å². The Morgan fingerprint density at radius 1 is 1.08 bits per heavy atom. The lowest BCUT2D eigenvalue weighted by atomic mass is 10.2. The average molecular weight is 350 g/mol. The van der Waals surface area contributed by atoms with Crippen LogP contribution in [0.5, 0.6) is 11.5 Å². The van der Waals surface area contributed by atoms with Crippen LogP contribution in [0.2, 0.25) is 0 Å². The number of halogens is 2. The number of carbonyl (C=O) groups excluding carboxylic acids is 1. The fraction of sp³-hybridized carbons (Fsp3) is 0.278. The van der Waals surface area contributed by atoms with Crippen molar-refractivity contribution >= 4 is 17.5 Å². The van der Waals surface area contributed by atoms with E-state index >= 15 is 0 Å². The molecular weight excluding hydrogens is 330 g/mol. The van der Waals surface area contributed by atoms with Crippen LogP contribution in [0.3, 0.4) is 0 Å². The first-order chi connectivity index (χ1) is 11.5. The molecule has 0 heterocycles. The molecule has 0 aliphatic carbocycles. The van der Waals surface area contributed by atoms with E-state index < -0.39 is 23.3 Å². The molecule has 3 N–H and O–H groups in total. The highest BCUT2D eigenvalue weighted by Crippen LogP contribution is 2.33. The van der Waals surface area contributed by atoms with E-state index in [2.05, 4.69) is 5.32 Å². The molecule has 0 aromatic heterocycles. The van der Waals surface area contributed by atoms with Crippen LogP contribution in [0.1, 0.15) is 26.3 Å². The predicted molar refractivity (Wildman–Crippen MR) is 91.9 cm³/mol. The van der Waals surface area contributed by atoms with Crippen LogP contribution in [0, 0.1) is 18.6 Å². The van der Waals surface area contributed by atoms with Crippen LogP contribution in [0.15, 0.2) is 30.3 Å². The molecule has 0 bridgehead atoms. The molecule has 0 radical (unpaired) electrons. The Morgan fingerprint density at radius 3 is 2.36 bits per heavy atom. The van der Waals surface area contributed by atoms with E-state index in [9.17, 15) is 13.6 Å². The topological polar surface area (TPSA) is 73.6 Å². The maximum atomic E-state index is 13.4. The van der Waals surface area contributed by atoms with Crippen molar-refractivity contribution in [3.63, 3.8) is 0 Å². The Balaban J connectivity index is 2.22. The number of nitrogens with two attached hydrogens (primary N) is 1. The van der Waals surface area contributed by atoms with Crippen LogP contribution in [0.25, 0.3) is 0 Å². The van der Waals surface area contributed by atoms with Gasteiger partial charge in [0.15, 0.2) is 17.4 Å². The highest BCUT2D eigenvalue weighted by molar-refractivity contribution is 5.85. The standard InChI is InChI=1S/C18H20F2N2O3/c1-10-7-12(19)13(20)9-15(10)24-16-8-11(5-6-14(16)21)22-17(23)25-18(2,3)4/h5-9H,21H2,1-4H3,(H,22,23). The van der Waals surface area contributed by atoms with E-state index in [-0.39, 0.29) is 17.2 Å². The first-order valence-electron chi connectivity index (χ1n) is 7.58. The first-order valence-corrected chi connectivity index (χ1v) is 7.58. The molecular formula is C18H20F2N2O3. The van der Waals surface area contributed by atoms with Gasteiger partial charge < -0.3 is 15.2 Å². The Morgan fingerprint density at radius 2 is 1.72 bits per heavy atom. The zero-order valence-corrected chi connectivity index (χ0v) is 14.4. The van der Waals surface area contributed by atoms with Crippen LogP contribution in [-0.4, -0.2) is 11.7 Å². The molecule has 0 spiro atoms. The lowest BCUT2D eigenvalue weighted by Gasteiger charge is -2.20. The SMILES string of the molecule is Cc1cc(F)c(F)cc1Oc1cc(NC(=O)OC(C)(C)C)ccc1N. The summed E-state index contributed by atoms with van der Waals surface area (Å²) in [5.74, 6) is -1.66. The summed E-state index contributed by atoms with van der Waals surface area (Å²) in [6.45, 7) is 6.82. The lowest BCUT2D eigenvalue weighted by molar-refractivity contribution is 0.0636. The summed E-state index contributed by atoms with van der Waals surface area (Å²) >= 11 is 0. The van der Waals surface area contributed by atoms with E-state index in [1.807, 2.05) is 0 Å². The number of carbonyl (C=O) groups is 1. The largest absolute Gasteiger partial charge is 0.455 e. The zero-order valence-electron chi connectivity index (χ0n) is 14.4. The minimum atomic E-state index is -1.03. The van der Waals surface area contributed by atoms with Crippen molar-refractivity contribution in [1.82, 2.24) is 0 Å². The molecule has 0 aliphatic heterocycles. The second kappa shape index (κ2) is 6.96. The van der Waals surface area contributed by atoms with Gasteiger partial charge in [-0.1, -0.05) is 0 Å². The van der Waals surface area contributed by atoms with Crippen molar-refractivity contribution in [2.75, 3.05) is 11.1 Å². The normalized spacial score (nSPS) is 11.1. The number of nitrogens with one attached hydrogen (secondary N) is 1. The number of aryl methyl sites for hydroxylation is 1. The van der Waals surface area contributed by atoms with Crippen molar-refractivity contribution < 1.29 is 23.0 Å². The molecule has 0 saturated carbocycles. The van der Waals surface area contributed by atoms with Crippen LogP contribution in [-0.2, 0) is 4.74 Å². The summed E-state index contributed by atoms with van der Waals surface area (Å²) in [5.41, 5.74) is 6.28. The molecule has 7 heteroatoms. The van der Waals surface area contributed by atoms with E-state index in [0.717, 1.165) is 12.1 Å². The predicted octanol–water partition coefficient (Wildman–Crippen LogP) is 4.99. The maximum Gasteiger partial charge on any atom is 0.412 e. The van der Waals surface area contributed by atoms with Crippen molar-refractivity contribution in [2.24, 2.45) is 0 Å². The number of amides is 1. The fourth-order valence-electron chi connectivity index (χ4n) is 1.98. The van der Waals surface area contributed by atoms with Crippen molar-refractivity contribution in [2.45, 2.75) is 33.3 Å². The number of hydrogen-bond donors (Lipinski definition) is 2. The zero-order chi connectivity index (χ0) is 18.8. The van der Waals surface area contributed by atoms with Gasteiger partial charge in [0, 0.05) is 17.8 Å². The molecule has 2 aromatic rings. The molecule has 5 nitrogen and oxygen atoms in total. The molecule has 0 aliphatic rings. The lowest BCUT2D eigenvalue weighted by Crippen LogP contribution is -2.27. The Hall–Kier alpha value is -2.83. The number of ether oxygens (including phenoxy) is 2. The quantitative estimate of drug-likeness (QED) is 0.765. The van der Waals surface area contributed by atoms with E-state index in [0.29, 0.717) is 11.3 Å².